The van der Waals surface area contributed by atoms with Crippen LogP contribution in [0.25, 0.3) is 0 Å². The Bertz CT molecular complexity index is 539. The van der Waals surface area contributed by atoms with Crippen LogP contribution in [0.4, 0.5) is 5.69 Å². The monoisotopic (exact) mass is 264 g/mol. The number of nitro groups is 1. The zero-order valence-electron chi connectivity index (χ0n) is 10.3. The van der Waals surface area contributed by atoms with E-state index in [0.717, 1.165) is 4.90 Å². The fourth-order valence-corrected chi connectivity index (χ4v) is 1.96. The first-order valence-electron chi connectivity index (χ1n) is 5.67. The number of carbonyl (C=O) groups excluding carboxylic acids is 2. The third kappa shape index (κ3) is 2.54. The molecule has 0 N–H and O–H groups in total. The molecule has 1 saturated heterocycles. The predicted octanol–water partition coefficient (Wildman–Crippen LogP) is 1.25. The van der Waals surface area contributed by atoms with Gasteiger partial charge >= 0.3 is 0 Å². The fraction of sp³-hybridized carbons (Fsp3) is 0.333. The van der Waals surface area contributed by atoms with Crippen molar-refractivity contribution in [1.82, 2.24) is 4.90 Å². The van der Waals surface area contributed by atoms with Crippen molar-refractivity contribution >= 4 is 17.5 Å². The third-order valence-corrected chi connectivity index (χ3v) is 2.97. The minimum atomic E-state index is -0.542. The van der Waals surface area contributed by atoms with Crippen LogP contribution in [0.3, 0.4) is 0 Å². The maximum absolute atomic E-state index is 11.5. The zero-order valence-corrected chi connectivity index (χ0v) is 10.3. The first kappa shape index (κ1) is 13.0. The van der Waals surface area contributed by atoms with Crippen molar-refractivity contribution in [1.29, 1.82) is 0 Å². The summed E-state index contributed by atoms with van der Waals surface area (Å²) in [6.07, 6.45) is 0.327. The number of hydrogen-bond acceptors (Lipinski definition) is 5. The van der Waals surface area contributed by atoms with E-state index < -0.39 is 4.92 Å². The average molecular weight is 264 g/mol. The molecule has 0 saturated carbocycles. The van der Waals surface area contributed by atoms with Crippen LogP contribution in [0, 0.1) is 10.1 Å². The molecule has 0 unspecified atom stereocenters. The topological polar surface area (TPSA) is 89.8 Å². The third-order valence-electron chi connectivity index (χ3n) is 2.97. The molecular weight excluding hydrogens is 252 g/mol. The number of imide groups is 1. The van der Waals surface area contributed by atoms with E-state index in [-0.39, 0.29) is 42.5 Å². The quantitative estimate of drug-likeness (QED) is 0.464. The van der Waals surface area contributed by atoms with Gasteiger partial charge in [-0.2, -0.15) is 0 Å². The van der Waals surface area contributed by atoms with E-state index in [2.05, 4.69) is 0 Å². The van der Waals surface area contributed by atoms with Gasteiger partial charge in [0, 0.05) is 18.9 Å². The van der Waals surface area contributed by atoms with Gasteiger partial charge in [-0.15, -0.1) is 0 Å². The Labute approximate surface area is 108 Å². The first-order valence-corrected chi connectivity index (χ1v) is 5.67. The molecule has 100 valence electrons. The highest BCUT2D eigenvalue weighted by atomic mass is 16.6. The van der Waals surface area contributed by atoms with E-state index in [0.29, 0.717) is 5.75 Å². The first-order chi connectivity index (χ1) is 9.02. The number of methoxy groups -OCH3 is 1. The standard InChI is InChI=1S/C12H12N2O5/c1-19-9-2-3-10(14(17)18)8(6-9)7-13-11(15)4-5-12(13)16/h2-3,6H,4-5,7H2,1H3. The summed E-state index contributed by atoms with van der Waals surface area (Å²) in [6, 6.07) is 4.24. The smallest absolute Gasteiger partial charge is 0.274 e. The van der Waals surface area contributed by atoms with E-state index in [1.54, 1.807) is 0 Å². The lowest BCUT2D eigenvalue weighted by Gasteiger charge is -2.14. The maximum Gasteiger partial charge on any atom is 0.274 e. The van der Waals surface area contributed by atoms with Gasteiger partial charge < -0.3 is 4.74 Å². The van der Waals surface area contributed by atoms with Gasteiger partial charge in [0.15, 0.2) is 0 Å². The van der Waals surface area contributed by atoms with Crippen LogP contribution in [-0.4, -0.2) is 28.7 Å². The molecule has 0 spiro atoms. The lowest BCUT2D eigenvalue weighted by atomic mass is 10.1. The fourth-order valence-electron chi connectivity index (χ4n) is 1.96. The van der Waals surface area contributed by atoms with E-state index in [1.807, 2.05) is 0 Å². The number of nitro benzene ring substituents is 1. The van der Waals surface area contributed by atoms with E-state index in [1.165, 1.54) is 25.3 Å². The number of nitrogens with zero attached hydrogens (tertiary/aromatic N) is 2. The second-order valence-electron chi connectivity index (χ2n) is 4.13. The van der Waals surface area contributed by atoms with Gasteiger partial charge in [0.25, 0.3) is 5.69 Å². The molecule has 19 heavy (non-hydrogen) atoms. The second kappa shape index (κ2) is 5.05. The Morgan fingerprint density at radius 2 is 1.95 bits per heavy atom. The van der Waals surface area contributed by atoms with Crippen LogP contribution in [-0.2, 0) is 16.1 Å². The van der Waals surface area contributed by atoms with Crippen molar-refractivity contribution in [3.8, 4) is 5.75 Å². The highest BCUT2D eigenvalue weighted by molar-refractivity contribution is 6.01. The SMILES string of the molecule is COc1ccc([N+](=O)[O-])c(CN2C(=O)CCC2=O)c1. The van der Waals surface area contributed by atoms with Crippen LogP contribution < -0.4 is 4.74 Å². The summed E-state index contributed by atoms with van der Waals surface area (Å²) in [5, 5.41) is 10.9. The van der Waals surface area contributed by atoms with Gasteiger partial charge in [-0.3, -0.25) is 24.6 Å². The second-order valence-corrected chi connectivity index (χ2v) is 4.13. The van der Waals surface area contributed by atoms with Crippen molar-refractivity contribution in [2.75, 3.05) is 7.11 Å². The summed E-state index contributed by atoms with van der Waals surface area (Å²) in [5.41, 5.74) is 0.154. The largest absolute Gasteiger partial charge is 0.497 e. The average Bonchev–Trinajstić information content (AvgIpc) is 2.70. The molecule has 1 aliphatic rings. The van der Waals surface area contributed by atoms with Crippen LogP contribution in [0.1, 0.15) is 18.4 Å². The summed E-state index contributed by atoms with van der Waals surface area (Å²) < 4.78 is 5.00. The van der Waals surface area contributed by atoms with Crippen molar-refractivity contribution in [3.05, 3.63) is 33.9 Å². The Hall–Kier alpha value is -2.44. The van der Waals surface area contributed by atoms with Crippen LogP contribution in [0.5, 0.6) is 5.75 Å². The maximum atomic E-state index is 11.5. The molecule has 2 amide bonds. The normalized spacial score (nSPS) is 14.9. The number of carbonyl (C=O) groups is 2. The molecule has 1 aromatic rings. The molecule has 2 rings (SSSR count). The molecule has 1 aliphatic heterocycles. The minimum absolute atomic E-state index is 0.0921. The molecule has 0 atom stereocenters. The Balaban J connectivity index is 2.34. The van der Waals surface area contributed by atoms with Crippen LogP contribution in [0.15, 0.2) is 18.2 Å². The predicted molar refractivity (Wildman–Crippen MR) is 64.4 cm³/mol. The number of rotatable bonds is 4. The number of hydrogen-bond donors (Lipinski definition) is 0. The van der Waals surface area contributed by atoms with Crippen LogP contribution >= 0.6 is 0 Å². The van der Waals surface area contributed by atoms with Crippen LogP contribution in [0.2, 0.25) is 0 Å². The lowest BCUT2D eigenvalue weighted by Crippen LogP contribution is -2.28. The van der Waals surface area contributed by atoms with Gasteiger partial charge in [0.05, 0.1) is 24.1 Å². The van der Waals surface area contributed by atoms with Crippen molar-refractivity contribution in [2.24, 2.45) is 0 Å². The molecular formula is C12H12N2O5. The van der Waals surface area contributed by atoms with Gasteiger partial charge in [0.2, 0.25) is 11.8 Å². The Kier molecular flexibility index (Phi) is 3.46. The lowest BCUT2D eigenvalue weighted by molar-refractivity contribution is -0.385. The summed E-state index contributed by atoms with van der Waals surface area (Å²) in [7, 11) is 1.44. The molecule has 7 nitrogen and oxygen atoms in total. The van der Waals surface area contributed by atoms with Crippen molar-refractivity contribution in [2.45, 2.75) is 19.4 Å². The molecule has 1 fully saturated rings. The van der Waals surface area contributed by atoms with Gasteiger partial charge in [-0.05, 0) is 12.1 Å². The summed E-state index contributed by atoms with van der Waals surface area (Å²) in [5.74, 6) is -0.163. The number of ether oxygens (including phenoxy) is 1. The van der Waals surface area contributed by atoms with Gasteiger partial charge in [-0.1, -0.05) is 0 Å². The molecule has 7 heteroatoms. The minimum Gasteiger partial charge on any atom is -0.497 e. The highest BCUT2D eigenvalue weighted by Gasteiger charge is 2.30. The Morgan fingerprint density at radius 1 is 1.32 bits per heavy atom. The number of amides is 2. The zero-order chi connectivity index (χ0) is 14.0. The number of benzene rings is 1. The van der Waals surface area contributed by atoms with E-state index in [9.17, 15) is 19.7 Å². The molecule has 0 aliphatic carbocycles. The van der Waals surface area contributed by atoms with E-state index in [4.69, 9.17) is 4.74 Å². The summed E-state index contributed by atoms with van der Waals surface area (Å²) in [4.78, 5) is 34.5. The molecule has 0 aromatic heterocycles. The molecule has 0 radical (unpaired) electrons. The molecule has 1 heterocycles. The van der Waals surface area contributed by atoms with E-state index >= 15 is 0 Å². The summed E-state index contributed by atoms with van der Waals surface area (Å²) >= 11 is 0. The summed E-state index contributed by atoms with van der Waals surface area (Å²) in [6.45, 7) is -0.0921. The van der Waals surface area contributed by atoms with Crippen molar-refractivity contribution in [3.63, 3.8) is 0 Å². The highest BCUT2D eigenvalue weighted by Crippen LogP contribution is 2.27. The van der Waals surface area contributed by atoms with Gasteiger partial charge in [-0.25, -0.2) is 0 Å². The number of likely N-dealkylation sites (tertiary alicyclic amines) is 1. The molecule has 1 aromatic carbocycles. The van der Waals surface area contributed by atoms with Crippen molar-refractivity contribution < 1.29 is 19.2 Å². The Morgan fingerprint density at radius 3 is 2.47 bits per heavy atom. The molecule has 0 bridgehead atoms. The van der Waals surface area contributed by atoms with Gasteiger partial charge in [0.1, 0.15) is 5.75 Å².